The predicted octanol–water partition coefficient (Wildman–Crippen LogP) is 2.49. The molecule has 9 heteroatoms. The van der Waals surface area contributed by atoms with E-state index in [0.29, 0.717) is 37.6 Å². The summed E-state index contributed by atoms with van der Waals surface area (Å²) in [4.78, 5) is 22.5. The molecule has 0 aliphatic carbocycles. The van der Waals surface area contributed by atoms with E-state index in [9.17, 15) is 19.8 Å². The van der Waals surface area contributed by atoms with E-state index in [-0.39, 0.29) is 30.7 Å². The molecule has 1 amide bonds. The summed E-state index contributed by atoms with van der Waals surface area (Å²) in [6, 6.07) is 5.12. The lowest BCUT2D eigenvalue weighted by molar-refractivity contribution is -0.116. The molecule has 33 heavy (non-hydrogen) atoms. The number of aliphatic hydroxyl groups excluding tert-OH is 1. The van der Waals surface area contributed by atoms with Gasteiger partial charge in [0, 0.05) is 26.7 Å². The van der Waals surface area contributed by atoms with Crippen LogP contribution in [0.2, 0.25) is 0 Å². The number of nitrogens with one attached hydrogen (secondary N) is 2. The number of carbonyl (C=O) groups is 2. The van der Waals surface area contributed by atoms with Crippen molar-refractivity contribution in [1.82, 2.24) is 10.6 Å². The van der Waals surface area contributed by atoms with Crippen molar-refractivity contribution < 1.29 is 34.0 Å². The van der Waals surface area contributed by atoms with Crippen LogP contribution in [0.3, 0.4) is 0 Å². The summed E-state index contributed by atoms with van der Waals surface area (Å²) in [6.07, 6.45) is -0.261. The van der Waals surface area contributed by atoms with Gasteiger partial charge in [0.1, 0.15) is 5.78 Å². The number of methoxy groups -OCH3 is 2. The normalized spacial score (nSPS) is 13.9. The Labute approximate surface area is 196 Å². The number of hydrogen-bond acceptors (Lipinski definition) is 7. The molecular formula is C24H40N2O7. The average molecular weight is 469 g/mol. The Kier molecular flexibility index (Phi) is 13.4. The number of hydrogen-bond donors (Lipinski definition) is 4. The number of amides is 1. The topological polar surface area (TPSA) is 126 Å². The number of Topliss-reactive ketones (excluding diaryl/α,β-unsaturated/α-hetero) is 1. The smallest absolute Gasteiger partial charge is 0.404 e. The molecule has 0 radical (unpaired) electrons. The third-order valence-electron chi connectivity index (χ3n) is 5.48. The fourth-order valence-corrected chi connectivity index (χ4v) is 3.58. The van der Waals surface area contributed by atoms with E-state index in [2.05, 4.69) is 24.5 Å². The van der Waals surface area contributed by atoms with Crippen LogP contribution in [0.25, 0.3) is 0 Å². The Morgan fingerprint density at radius 3 is 2.42 bits per heavy atom. The highest BCUT2D eigenvalue weighted by Gasteiger charge is 2.27. The lowest BCUT2D eigenvalue weighted by atomic mass is 9.83. The average Bonchev–Trinajstić information content (AvgIpc) is 2.75. The summed E-state index contributed by atoms with van der Waals surface area (Å²) < 4.78 is 16.3. The molecule has 0 saturated carbocycles. The maximum Gasteiger partial charge on any atom is 0.404 e. The number of ketones is 1. The standard InChI is InChI=1S/C24H40N2O7/c1-16(2)19(13-20(26-24(29)30)21(28)15-25-14-17(3)27)11-18-7-8-22(32-5)23(12-18)33-10-6-9-31-4/h7-8,12,16,19-21,25-26,28H,6,9-11,13-15H2,1-5H3,(H,29,30)/t19?,20?,21-/m0/s1. The van der Waals surface area contributed by atoms with Gasteiger partial charge in [-0.25, -0.2) is 4.79 Å². The number of aliphatic hydroxyl groups is 1. The van der Waals surface area contributed by atoms with Crippen molar-refractivity contribution in [2.24, 2.45) is 11.8 Å². The molecule has 0 aliphatic heterocycles. The van der Waals surface area contributed by atoms with E-state index in [1.165, 1.54) is 6.92 Å². The Hall–Kier alpha value is -2.36. The summed E-state index contributed by atoms with van der Waals surface area (Å²) in [7, 11) is 3.24. The van der Waals surface area contributed by atoms with Crippen LogP contribution in [0.4, 0.5) is 4.79 Å². The van der Waals surface area contributed by atoms with Crippen LogP contribution in [0.15, 0.2) is 18.2 Å². The van der Waals surface area contributed by atoms with Gasteiger partial charge in [-0.3, -0.25) is 4.79 Å². The van der Waals surface area contributed by atoms with Gasteiger partial charge in [0.2, 0.25) is 0 Å². The second-order valence-corrected chi connectivity index (χ2v) is 8.58. The molecule has 1 aromatic carbocycles. The van der Waals surface area contributed by atoms with Gasteiger partial charge in [0.05, 0.1) is 32.4 Å². The zero-order valence-corrected chi connectivity index (χ0v) is 20.4. The molecule has 4 N–H and O–H groups in total. The first-order valence-electron chi connectivity index (χ1n) is 11.3. The van der Waals surface area contributed by atoms with E-state index in [0.717, 1.165) is 12.0 Å². The molecule has 1 rings (SSSR count). The quantitative estimate of drug-likeness (QED) is 0.257. The maximum atomic E-state index is 11.3. The molecule has 0 spiro atoms. The first-order chi connectivity index (χ1) is 15.7. The highest BCUT2D eigenvalue weighted by atomic mass is 16.5. The second kappa shape index (κ2) is 15.5. The lowest BCUT2D eigenvalue weighted by Crippen LogP contribution is -2.49. The van der Waals surface area contributed by atoms with Gasteiger partial charge in [0.15, 0.2) is 11.5 Å². The van der Waals surface area contributed by atoms with Gasteiger partial charge in [-0.15, -0.1) is 0 Å². The maximum absolute atomic E-state index is 11.3. The number of rotatable bonds is 17. The van der Waals surface area contributed by atoms with Crippen molar-refractivity contribution >= 4 is 11.9 Å². The van der Waals surface area contributed by atoms with Crippen LogP contribution < -0.4 is 20.1 Å². The summed E-state index contributed by atoms with van der Waals surface area (Å²) in [6.45, 7) is 6.97. The summed E-state index contributed by atoms with van der Waals surface area (Å²) in [5, 5.41) is 25.2. The van der Waals surface area contributed by atoms with Crippen LogP contribution in [0.1, 0.15) is 39.2 Å². The predicted molar refractivity (Wildman–Crippen MR) is 126 cm³/mol. The van der Waals surface area contributed by atoms with Crippen LogP contribution in [-0.2, 0) is 16.0 Å². The number of ether oxygens (including phenoxy) is 3. The summed E-state index contributed by atoms with van der Waals surface area (Å²) in [5.74, 6) is 1.59. The largest absolute Gasteiger partial charge is 0.493 e. The first kappa shape index (κ1) is 28.7. The van der Waals surface area contributed by atoms with E-state index in [1.807, 2.05) is 18.2 Å². The van der Waals surface area contributed by atoms with Crippen LogP contribution in [-0.4, -0.2) is 74.8 Å². The molecule has 0 saturated heterocycles. The van der Waals surface area contributed by atoms with Crippen molar-refractivity contribution in [2.75, 3.05) is 40.5 Å². The van der Waals surface area contributed by atoms with Gasteiger partial charge in [-0.1, -0.05) is 19.9 Å². The van der Waals surface area contributed by atoms with Gasteiger partial charge < -0.3 is 35.1 Å². The highest BCUT2D eigenvalue weighted by Crippen LogP contribution is 2.31. The third-order valence-corrected chi connectivity index (χ3v) is 5.48. The third kappa shape index (κ3) is 11.4. The van der Waals surface area contributed by atoms with Crippen molar-refractivity contribution in [3.63, 3.8) is 0 Å². The van der Waals surface area contributed by atoms with Gasteiger partial charge in [-0.05, 0) is 49.3 Å². The minimum Gasteiger partial charge on any atom is -0.493 e. The van der Waals surface area contributed by atoms with Crippen molar-refractivity contribution in [1.29, 1.82) is 0 Å². The molecule has 3 atom stereocenters. The SMILES string of the molecule is COCCCOc1cc(CC(CC(NC(=O)O)[C@@H](O)CNCC(C)=O)C(C)C)ccc1OC. The molecule has 188 valence electrons. The molecule has 2 unspecified atom stereocenters. The van der Waals surface area contributed by atoms with Crippen molar-refractivity contribution in [3.8, 4) is 11.5 Å². The lowest BCUT2D eigenvalue weighted by Gasteiger charge is -2.30. The molecular weight excluding hydrogens is 428 g/mol. The highest BCUT2D eigenvalue weighted by molar-refractivity contribution is 5.77. The van der Waals surface area contributed by atoms with Crippen LogP contribution in [0.5, 0.6) is 11.5 Å². The first-order valence-corrected chi connectivity index (χ1v) is 11.3. The molecule has 0 fully saturated rings. The van der Waals surface area contributed by atoms with E-state index < -0.39 is 18.2 Å². The van der Waals surface area contributed by atoms with E-state index >= 15 is 0 Å². The second-order valence-electron chi connectivity index (χ2n) is 8.58. The summed E-state index contributed by atoms with van der Waals surface area (Å²) in [5.41, 5.74) is 1.04. The van der Waals surface area contributed by atoms with Crippen molar-refractivity contribution in [3.05, 3.63) is 23.8 Å². The van der Waals surface area contributed by atoms with Crippen LogP contribution >= 0.6 is 0 Å². The van der Waals surface area contributed by atoms with Gasteiger partial charge in [-0.2, -0.15) is 0 Å². The Bertz CT molecular complexity index is 727. The molecule has 9 nitrogen and oxygen atoms in total. The van der Waals surface area contributed by atoms with E-state index in [4.69, 9.17) is 14.2 Å². The van der Waals surface area contributed by atoms with Gasteiger partial charge in [0.25, 0.3) is 0 Å². The van der Waals surface area contributed by atoms with E-state index in [1.54, 1.807) is 14.2 Å². The molecule has 0 heterocycles. The molecule has 0 aliphatic rings. The minimum atomic E-state index is -1.19. The fourth-order valence-electron chi connectivity index (χ4n) is 3.58. The zero-order chi connectivity index (χ0) is 24.8. The van der Waals surface area contributed by atoms with Gasteiger partial charge >= 0.3 is 6.09 Å². The number of benzene rings is 1. The number of carboxylic acid groups (broad SMARTS) is 1. The Morgan fingerprint density at radius 2 is 1.85 bits per heavy atom. The summed E-state index contributed by atoms with van der Waals surface area (Å²) >= 11 is 0. The molecule has 1 aromatic rings. The fraction of sp³-hybridized carbons (Fsp3) is 0.667. The number of carbonyl (C=O) groups excluding carboxylic acids is 1. The molecule has 0 aromatic heterocycles. The zero-order valence-electron chi connectivity index (χ0n) is 20.4. The minimum absolute atomic E-state index is 0.0512. The monoisotopic (exact) mass is 468 g/mol. The van der Waals surface area contributed by atoms with Crippen molar-refractivity contribution in [2.45, 2.75) is 52.2 Å². The Morgan fingerprint density at radius 1 is 1.12 bits per heavy atom. The Balaban J connectivity index is 2.92. The van der Waals surface area contributed by atoms with Crippen LogP contribution in [0, 0.1) is 11.8 Å². The molecule has 0 bridgehead atoms.